The zero-order valence-corrected chi connectivity index (χ0v) is 15.3. The lowest BCUT2D eigenvalue weighted by atomic mass is 10.0. The van der Waals surface area contributed by atoms with Gasteiger partial charge in [0.15, 0.2) is 0 Å². The number of hydrogen-bond donors (Lipinski definition) is 1. The number of methoxy groups -OCH3 is 1. The van der Waals surface area contributed by atoms with E-state index in [1.165, 1.54) is 4.88 Å². The van der Waals surface area contributed by atoms with Crippen LogP contribution in [0.15, 0.2) is 34.1 Å². The van der Waals surface area contributed by atoms with Crippen molar-refractivity contribution in [3.63, 3.8) is 0 Å². The normalized spacial score (nSPS) is 12.4. The number of rotatable bonds is 7. The van der Waals surface area contributed by atoms with Crippen LogP contribution in [0.2, 0.25) is 5.02 Å². The first-order valence-corrected chi connectivity index (χ1v) is 8.98. The van der Waals surface area contributed by atoms with E-state index in [-0.39, 0.29) is 6.04 Å². The molecule has 0 spiro atoms. The molecule has 1 heterocycles. The highest BCUT2D eigenvalue weighted by atomic mass is 79.9. The SMILES string of the molecule is CCCNC(Cc1cc(Br)cs1)c1cc(Cl)ccc1OC. The van der Waals surface area contributed by atoms with Gasteiger partial charge in [-0.2, -0.15) is 0 Å². The molecule has 1 N–H and O–H groups in total. The summed E-state index contributed by atoms with van der Waals surface area (Å²) in [5, 5.41) is 6.45. The molecule has 0 amide bonds. The Morgan fingerprint density at radius 1 is 1.38 bits per heavy atom. The van der Waals surface area contributed by atoms with E-state index in [0.717, 1.165) is 40.2 Å². The predicted octanol–water partition coefficient (Wildman–Crippen LogP) is 5.46. The molecule has 0 aliphatic rings. The van der Waals surface area contributed by atoms with E-state index >= 15 is 0 Å². The molecule has 0 saturated carbocycles. The second-order valence-electron chi connectivity index (χ2n) is 4.83. The average molecular weight is 389 g/mol. The number of nitrogens with one attached hydrogen (secondary N) is 1. The zero-order chi connectivity index (χ0) is 15.2. The lowest BCUT2D eigenvalue weighted by Gasteiger charge is -2.21. The third-order valence-corrected chi connectivity index (χ3v) is 5.19. The summed E-state index contributed by atoms with van der Waals surface area (Å²) in [5.74, 6) is 0.878. The third-order valence-electron chi connectivity index (χ3n) is 3.23. The lowest BCUT2D eigenvalue weighted by molar-refractivity contribution is 0.398. The standard InChI is InChI=1S/C16H19BrClNOS/c1-3-6-19-15(9-13-7-11(17)10-21-13)14-8-12(18)4-5-16(14)20-2/h4-5,7-8,10,15,19H,3,6,9H2,1-2H3. The highest BCUT2D eigenvalue weighted by molar-refractivity contribution is 9.10. The van der Waals surface area contributed by atoms with Crippen LogP contribution in [0.25, 0.3) is 0 Å². The first kappa shape index (κ1) is 16.8. The highest BCUT2D eigenvalue weighted by Gasteiger charge is 2.17. The Bertz CT molecular complexity index is 587. The zero-order valence-electron chi connectivity index (χ0n) is 12.2. The van der Waals surface area contributed by atoms with Crippen LogP contribution in [0, 0.1) is 0 Å². The lowest BCUT2D eigenvalue weighted by Crippen LogP contribution is -2.24. The summed E-state index contributed by atoms with van der Waals surface area (Å²) in [7, 11) is 1.70. The molecule has 1 aromatic carbocycles. The van der Waals surface area contributed by atoms with Crippen LogP contribution >= 0.6 is 38.9 Å². The van der Waals surface area contributed by atoms with Gasteiger partial charge in [0.2, 0.25) is 0 Å². The second-order valence-corrected chi connectivity index (χ2v) is 7.18. The van der Waals surface area contributed by atoms with Gasteiger partial charge in [0.25, 0.3) is 0 Å². The largest absolute Gasteiger partial charge is 0.496 e. The predicted molar refractivity (Wildman–Crippen MR) is 94.8 cm³/mol. The van der Waals surface area contributed by atoms with Gasteiger partial charge < -0.3 is 10.1 Å². The van der Waals surface area contributed by atoms with Gasteiger partial charge in [-0.25, -0.2) is 0 Å². The molecule has 0 saturated heterocycles. The number of halogens is 2. The quantitative estimate of drug-likeness (QED) is 0.680. The second kappa shape index (κ2) is 8.18. The minimum Gasteiger partial charge on any atom is -0.496 e. The Balaban J connectivity index is 2.28. The topological polar surface area (TPSA) is 21.3 Å². The van der Waals surface area contributed by atoms with E-state index in [2.05, 4.69) is 39.6 Å². The first-order valence-electron chi connectivity index (χ1n) is 6.93. The summed E-state index contributed by atoms with van der Waals surface area (Å²) in [5.41, 5.74) is 1.11. The van der Waals surface area contributed by atoms with E-state index < -0.39 is 0 Å². The van der Waals surface area contributed by atoms with Crippen molar-refractivity contribution in [1.29, 1.82) is 0 Å². The molecule has 2 nitrogen and oxygen atoms in total. The Morgan fingerprint density at radius 3 is 2.81 bits per heavy atom. The average Bonchev–Trinajstić information content (AvgIpc) is 2.88. The molecule has 1 unspecified atom stereocenters. The molecule has 1 aromatic heterocycles. The molecular formula is C16H19BrClNOS. The molecule has 21 heavy (non-hydrogen) atoms. The molecule has 0 aliphatic heterocycles. The van der Waals surface area contributed by atoms with Gasteiger partial charge in [-0.3, -0.25) is 0 Å². The molecule has 2 rings (SSSR count). The van der Waals surface area contributed by atoms with Gasteiger partial charge in [0, 0.05) is 37.8 Å². The fourth-order valence-electron chi connectivity index (χ4n) is 2.25. The molecular weight excluding hydrogens is 370 g/mol. The maximum Gasteiger partial charge on any atom is 0.123 e. The summed E-state index contributed by atoms with van der Waals surface area (Å²) in [6.45, 7) is 3.13. The molecule has 1 atom stereocenters. The first-order chi connectivity index (χ1) is 10.1. The van der Waals surface area contributed by atoms with Crippen molar-refractivity contribution in [3.05, 3.63) is 49.6 Å². The minimum absolute atomic E-state index is 0.198. The Morgan fingerprint density at radius 2 is 2.19 bits per heavy atom. The summed E-state index contributed by atoms with van der Waals surface area (Å²) < 4.78 is 6.63. The van der Waals surface area contributed by atoms with Crippen LogP contribution in [0.3, 0.4) is 0 Å². The number of benzene rings is 1. The Hall–Kier alpha value is -0.550. The number of hydrogen-bond acceptors (Lipinski definition) is 3. The molecule has 5 heteroatoms. The van der Waals surface area contributed by atoms with E-state index in [1.807, 2.05) is 18.2 Å². The minimum atomic E-state index is 0.198. The Kier molecular flexibility index (Phi) is 6.55. The van der Waals surface area contributed by atoms with E-state index in [0.29, 0.717) is 0 Å². The van der Waals surface area contributed by atoms with Crippen LogP contribution in [-0.2, 0) is 6.42 Å². The number of ether oxygens (including phenoxy) is 1. The van der Waals surface area contributed by atoms with Gasteiger partial charge in [0.1, 0.15) is 5.75 Å². The maximum absolute atomic E-state index is 6.17. The van der Waals surface area contributed by atoms with E-state index in [1.54, 1.807) is 18.4 Å². The summed E-state index contributed by atoms with van der Waals surface area (Å²) in [4.78, 5) is 1.33. The van der Waals surface area contributed by atoms with E-state index in [4.69, 9.17) is 16.3 Å². The van der Waals surface area contributed by atoms with Crippen molar-refractivity contribution in [3.8, 4) is 5.75 Å². The fraction of sp³-hybridized carbons (Fsp3) is 0.375. The van der Waals surface area contributed by atoms with Gasteiger partial charge in [-0.15, -0.1) is 11.3 Å². The molecule has 0 aliphatic carbocycles. The fourth-order valence-corrected chi connectivity index (χ4v) is 3.93. The van der Waals surface area contributed by atoms with E-state index in [9.17, 15) is 0 Å². The maximum atomic E-state index is 6.17. The molecule has 0 bridgehead atoms. The monoisotopic (exact) mass is 387 g/mol. The van der Waals surface area contributed by atoms with Crippen LogP contribution in [0.1, 0.15) is 29.8 Å². The van der Waals surface area contributed by atoms with Gasteiger partial charge in [-0.05, 0) is 53.2 Å². The van der Waals surface area contributed by atoms with Gasteiger partial charge >= 0.3 is 0 Å². The molecule has 114 valence electrons. The van der Waals surface area contributed by atoms with Crippen LogP contribution < -0.4 is 10.1 Å². The van der Waals surface area contributed by atoms with Crippen molar-refractivity contribution >= 4 is 38.9 Å². The molecule has 0 fully saturated rings. The van der Waals surface area contributed by atoms with Crippen LogP contribution in [0.4, 0.5) is 0 Å². The number of thiophene rings is 1. The van der Waals surface area contributed by atoms with Crippen molar-refractivity contribution in [2.45, 2.75) is 25.8 Å². The van der Waals surface area contributed by atoms with Gasteiger partial charge in [-0.1, -0.05) is 18.5 Å². The summed E-state index contributed by atoms with van der Waals surface area (Å²) >= 11 is 11.4. The highest BCUT2D eigenvalue weighted by Crippen LogP contribution is 2.32. The van der Waals surface area contributed by atoms with Crippen molar-refractivity contribution in [2.75, 3.05) is 13.7 Å². The van der Waals surface area contributed by atoms with Gasteiger partial charge in [0.05, 0.1) is 7.11 Å². The van der Waals surface area contributed by atoms with Crippen molar-refractivity contribution in [2.24, 2.45) is 0 Å². The molecule has 2 aromatic rings. The van der Waals surface area contributed by atoms with Crippen LogP contribution in [-0.4, -0.2) is 13.7 Å². The van der Waals surface area contributed by atoms with Crippen molar-refractivity contribution in [1.82, 2.24) is 5.32 Å². The summed E-state index contributed by atoms with van der Waals surface area (Å²) in [6.07, 6.45) is 2.01. The molecule has 0 radical (unpaired) electrons. The Labute approximate surface area is 143 Å². The van der Waals surface area contributed by atoms with Crippen molar-refractivity contribution < 1.29 is 4.74 Å². The smallest absolute Gasteiger partial charge is 0.123 e. The third kappa shape index (κ3) is 4.71. The summed E-state index contributed by atoms with van der Waals surface area (Å²) in [6, 6.07) is 8.16. The van der Waals surface area contributed by atoms with Crippen LogP contribution in [0.5, 0.6) is 5.75 Å².